The molecule has 5 aromatic rings. The Labute approximate surface area is 235 Å². The van der Waals surface area contributed by atoms with Crippen LogP contribution in [0.2, 0.25) is 0 Å². The van der Waals surface area contributed by atoms with Crippen molar-refractivity contribution in [3.63, 3.8) is 0 Å². The Hall–Kier alpha value is -4.37. The van der Waals surface area contributed by atoms with E-state index >= 15 is 0 Å². The molecule has 2 aromatic heterocycles. The van der Waals surface area contributed by atoms with E-state index in [1.165, 1.54) is 23.5 Å². The zero-order valence-corrected chi connectivity index (χ0v) is 22.9. The van der Waals surface area contributed by atoms with E-state index in [-0.39, 0.29) is 29.7 Å². The maximum atomic E-state index is 13.9. The highest BCUT2D eigenvalue weighted by molar-refractivity contribution is 7.11. The lowest BCUT2D eigenvalue weighted by molar-refractivity contribution is 0.0935. The number of rotatable bonds is 11. The molecular formula is C31H30FN5O2S. The van der Waals surface area contributed by atoms with Gasteiger partial charge in [-0.1, -0.05) is 49.2 Å². The van der Waals surface area contributed by atoms with E-state index < -0.39 is 5.82 Å². The summed E-state index contributed by atoms with van der Waals surface area (Å²) in [5.41, 5.74) is 10.4. The Morgan fingerprint density at radius 3 is 2.67 bits per heavy atom. The second kappa shape index (κ2) is 12.2. The molecule has 0 unspecified atom stereocenters. The van der Waals surface area contributed by atoms with E-state index in [4.69, 9.17) is 5.73 Å². The van der Waals surface area contributed by atoms with Gasteiger partial charge in [-0.25, -0.2) is 9.37 Å². The van der Waals surface area contributed by atoms with Crippen LogP contribution in [0.1, 0.15) is 69.6 Å². The van der Waals surface area contributed by atoms with E-state index in [1.807, 2.05) is 18.2 Å². The number of unbranched alkanes of at least 4 members (excludes halogenated alkanes) is 2. The van der Waals surface area contributed by atoms with Gasteiger partial charge in [0.25, 0.3) is 5.91 Å². The van der Waals surface area contributed by atoms with Gasteiger partial charge in [0.05, 0.1) is 29.6 Å². The molecule has 0 saturated carbocycles. The molecule has 7 nitrogen and oxygen atoms in total. The number of hydrogen-bond donors (Lipinski definition) is 3. The molecule has 2 heterocycles. The number of aromatic nitrogens is 3. The first-order valence-electron chi connectivity index (χ1n) is 13.2. The van der Waals surface area contributed by atoms with Crippen LogP contribution in [-0.4, -0.2) is 26.6 Å². The molecule has 1 atom stereocenters. The van der Waals surface area contributed by atoms with Gasteiger partial charge in [-0.05, 0) is 54.3 Å². The molecule has 0 aliphatic heterocycles. The first-order valence-corrected chi connectivity index (χ1v) is 14.1. The fraction of sp³-hybridized carbons (Fsp3) is 0.226. The van der Waals surface area contributed by atoms with Crippen molar-refractivity contribution in [3.05, 3.63) is 100 Å². The van der Waals surface area contributed by atoms with E-state index in [0.717, 1.165) is 34.9 Å². The number of nitrogen functional groups attached to an aromatic ring is 1. The molecule has 4 N–H and O–H groups in total. The molecule has 0 radical (unpaired) electrons. The fourth-order valence-electron chi connectivity index (χ4n) is 4.74. The molecule has 204 valence electrons. The quantitative estimate of drug-likeness (QED) is 0.0921. The average molecular weight is 556 g/mol. The molecule has 0 spiro atoms. The number of fused-ring (bicyclic) bond motifs is 1. The summed E-state index contributed by atoms with van der Waals surface area (Å²) in [5, 5.41) is 5.38. The number of aromatic amines is 1. The lowest BCUT2D eigenvalue weighted by Crippen LogP contribution is -2.28. The molecule has 0 fully saturated rings. The number of carbonyl (C=O) groups is 2. The van der Waals surface area contributed by atoms with Gasteiger partial charge in [-0.15, -0.1) is 11.3 Å². The van der Waals surface area contributed by atoms with Crippen LogP contribution in [0, 0.1) is 12.7 Å². The second-order valence-corrected chi connectivity index (χ2v) is 10.7. The van der Waals surface area contributed by atoms with Crippen LogP contribution in [0.4, 0.5) is 10.1 Å². The summed E-state index contributed by atoms with van der Waals surface area (Å²) in [4.78, 5) is 38.0. The molecule has 1 amide bonds. The predicted molar refractivity (Wildman–Crippen MR) is 157 cm³/mol. The number of carbonyl (C=O) groups excluding carboxylic acids is 2. The summed E-state index contributed by atoms with van der Waals surface area (Å²) in [6, 6.07) is 16.8. The van der Waals surface area contributed by atoms with Crippen molar-refractivity contribution in [2.75, 3.05) is 5.73 Å². The number of aryl methyl sites for hydroxylation is 1. The Bertz CT molecular complexity index is 1650. The van der Waals surface area contributed by atoms with Gasteiger partial charge in [-0.2, -0.15) is 0 Å². The number of nitrogens with two attached hydrogens (primary N) is 1. The van der Waals surface area contributed by atoms with Gasteiger partial charge in [0, 0.05) is 23.2 Å². The molecular weight excluding hydrogens is 525 g/mol. The van der Waals surface area contributed by atoms with Gasteiger partial charge in [-0.3, -0.25) is 14.6 Å². The van der Waals surface area contributed by atoms with Crippen molar-refractivity contribution in [3.8, 4) is 11.3 Å². The molecule has 0 saturated heterocycles. The normalized spacial score (nSPS) is 11.9. The molecule has 0 bridgehead atoms. The van der Waals surface area contributed by atoms with Crippen molar-refractivity contribution in [2.45, 2.75) is 45.1 Å². The maximum absolute atomic E-state index is 13.9. The third-order valence-corrected chi connectivity index (χ3v) is 7.75. The number of H-pyrrole nitrogens is 1. The van der Waals surface area contributed by atoms with Crippen molar-refractivity contribution in [2.24, 2.45) is 0 Å². The van der Waals surface area contributed by atoms with Crippen LogP contribution in [0.25, 0.3) is 22.0 Å². The number of hydrogen-bond acceptors (Lipinski definition) is 6. The zero-order valence-electron chi connectivity index (χ0n) is 22.1. The Morgan fingerprint density at radius 2 is 1.88 bits per heavy atom. The van der Waals surface area contributed by atoms with Crippen LogP contribution in [0.3, 0.4) is 0 Å². The number of amides is 1. The van der Waals surface area contributed by atoms with Gasteiger partial charge in [0.1, 0.15) is 16.5 Å². The van der Waals surface area contributed by atoms with Gasteiger partial charge in [0.2, 0.25) is 0 Å². The number of ketones is 1. The summed E-state index contributed by atoms with van der Waals surface area (Å²) >= 11 is 1.28. The summed E-state index contributed by atoms with van der Waals surface area (Å²) in [6.45, 7) is 1.62. The fourth-order valence-corrected chi connectivity index (χ4v) is 5.27. The summed E-state index contributed by atoms with van der Waals surface area (Å²) < 4.78 is 13.9. The minimum Gasteiger partial charge on any atom is -0.398 e. The van der Waals surface area contributed by atoms with Crippen LogP contribution < -0.4 is 11.1 Å². The molecule has 40 heavy (non-hydrogen) atoms. The van der Waals surface area contributed by atoms with Crippen molar-refractivity contribution >= 4 is 39.5 Å². The second-order valence-electron chi connectivity index (χ2n) is 9.85. The first kappa shape index (κ1) is 27.2. The van der Waals surface area contributed by atoms with Gasteiger partial charge in [0.15, 0.2) is 5.78 Å². The highest BCUT2D eigenvalue weighted by atomic mass is 32.1. The number of nitrogens with one attached hydrogen (secondary N) is 2. The smallest absolute Gasteiger partial charge is 0.263 e. The topological polar surface area (TPSA) is 114 Å². The third-order valence-electron chi connectivity index (χ3n) is 6.98. The minimum atomic E-state index is -0.432. The Kier molecular flexibility index (Phi) is 8.31. The van der Waals surface area contributed by atoms with Gasteiger partial charge >= 0.3 is 0 Å². The molecule has 9 heteroatoms. The van der Waals surface area contributed by atoms with Gasteiger partial charge < -0.3 is 16.0 Å². The number of imidazole rings is 1. The number of halogens is 1. The Morgan fingerprint density at radius 1 is 1.05 bits per heavy atom. The largest absolute Gasteiger partial charge is 0.398 e. The molecule has 3 aromatic carbocycles. The van der Waals surface area contributed by atoms with Crippen molar-refractivity contribution < 1.29 is 14.0 Å². The van der Waals surface area contributed by atoms with E-state index in [9.17, 15) is 14.0 Å². The zero-order chi connectivity index (χ0) is 28.1. The minimum absolute atomic E-state index is 0.169. The predicted octanol–water partition coefficient (Wildman–Crippen LogP) is 7.02. The van der Waals surface area contributed by atoms with E-state index in [0.29, 0.717) is 34.8 Å². The molecule has 5 rings (SSSR count). The average Bonchev–Trinajstić information content (AvgIpc) is 3.67. The van der Waals surface area contributed by atoms with Crippen molar-refractivity contribution in [1.82, 2.24) is 20.3 Å². The highest BCUT2D eigenvalue weighted by Gasteiger charge is 2.20. The van der Waals surface area contributed by atoms with E-state index in [1.54, 1.807) is 24.8 Å². The summed E-state index contributed by atoms with van der Waals surface area (Å²) in [5.74, 6) is -0.140. The number of Topliss-reactive ketones (excluding diaryl/α,β-unsaturated/α-hetero) is 1. The molecule has 0 aliphatic rings. The molecule has 0 aliphatic carbocycles. The lowest BCUT2D eigenvalue weighted by Gasteiger charge is -2.16. The standard InChI is InChI=1S/C31H30FN5O2S/c1-19-13-25(33)23(15-24(19)32)28(38)10-4-2-3-9-26(37-31(39)29-17-34-18-40-29)30-35-16-27(36-30)22-12-11-20-7-5-6-8-21(20)14-22/h5-8,11-18,26H,2-4,9-10,33H2,1H3,(H,35,36)(H,37,39)/t26-/m0/s1. The Balaban J connectivity index is 1.24. The number of thiazole rings is 1. The highest BCUT2D eigenvalue weighted by Crippen LogP contribution is 2.27. The van der Waals surface area contributed by atoms with Crippen molar-refractivity contribution in [1.29, 1.82) is 0 Å². The van der Waals surface area contributed by atoms with Crippen LogP contribution in [-0.2, 0) is 0 Å². The van der Waals surface area contributed by atoms with Crippen LogP contribution in [0.15, 0.2) is 72.5 Å². The number of benzene rings is 3. The third kappa shape index (κ3) is 6.26. The number of anilines is 1. The first-order chi connectivity index (χ1) is 19.4. The van der Waals surface area contributed by atoms with E-state index in [2.05, 4.69) is 44.5 Å². The monoisotopic (exact) mass is 555 g/mol. The lowest BCUT2D eigenvalue weighted by atomic mass is 10.00. The van der Waals surface area contributed by atoms with Crippen LogP contribution >= 0.6 is 11.3 Å². The SMILES string of the molecule is Cc1cc(N)c(C(=O)CCCCC[C@H](NC(=O)c2cncs2)c2ncc(-c3ccc4ccccc4c3)[nH]2)cc1F. The summed E-state index contributed by atoms with van der Waals surface area (Å²) in [7, 11) is 0. The van der Waals surface area contributed by atoms with Crippen LogP contribution in [0.5, 0.6) is 0 Å². The maximum Gasteiger partial charge on any atom is 0.263 e. The summed E-state index contributed by atoms with van der Waals surface area (Å²) in [6.07, 6.45) is 6.38. The number of nitrogens with zero attached hydrogens (tertiary/aromatic N) is 2.